The van der Waals surface area contributed by atoms with E-state index in [1.165, 1.54) is 24.3 Å². The predicted molar refractivity (Wildman–Crippen MR) is 64.7 cm³/mol. The number of aromatic nitrogens is 1. The molecule has 0 saturated carbocycles. The fraction of sp³-hybridized carbons (Fsp3) is 0.182. The highest BCUT2D eigenvalue weighted by atomic mass is 16.6. The Hall–Kier alpha value is -2.57. The number of nitro groups is 1. The predicted octanol–water partition coefficient (Wildman–Crippen LogP) is 1.44. The number of non-ortho nitro benzene ring substituents is 1. The van der Waals surface area contributed by atoms with Gasteiger partial charge in [0.05, 0.1) is 17.0 Å². The molecule has 1 heterocycles. The van der Waals surface area contributed by atoms with Crippen LogP contribution in [0.4, 0.5) is 5.69 Å². The number of nitrogens with zero attached hydrogens (tertiary/aromatic N) is 2. The minimum absolute atomic E-state index is 0.0523. The fourth-order valence-corrected chi connectivity index (χ4v) is 1.70. The van der Waals surface area contributed by atoms with Gasteiger partial charge in [-0.25, -0.2) is 4.79 Å². The van der Waals surface area contributed by atoms with Gasteiger partial charge in [0.15, 0.2) is 0 Å². The van der Waals surface area contributed by atoms with E-state index in [-0.39, 0.29) is 18.0 Å². The van der Waals surface area contributed by atoms with Gasteiger partial charge in [-0.2, -0.15) is 0 Å². The Balaban J connectivity index is 2.55. The van der Waals surface area contributed by atoms with Gasteiger partial charge in [-0.1, -0.05) is 0 Å². The number of benzene rings is 1. The SMILES string of the molecule is CCOC(=O)c1cc2cc([N+](=O)[O-])ccc2n1N. The summed E-state index contributed by atoms with van der Waals surface area (Å²) in [6, 6.07) is 5.67. The molecule has 2 rings (SSSR count). The molecule has 1 aromatic heterocycles. The third-order valence-corrected chi connectivity index (χ3v) is 2.52. The molecule has 0 bridgehead atoms. The van der Waals surface area contributed by atoms with E-state index >= 15 is 0 Å². The molecule has 0 radical (unpaired) electrons. The molecule has 18 heavy (non-hydrogen) atoms. The molecule has 94 valence electrons. The lowest BCUT2D eigenvalue weighted by Crippen LogP contribution is -2.17. The quantitative estimate of drug-likeness (QED) is 0.384. The van der Waals surface area contributed by atoms with Gasteiger partial charge in [-0.3, -0.25) is 14.8 Å². The summed E-state index contributed by atoms with van der Waals surface area (Å²) >= 11 is 0. The molecule has 7 nitrogen and oxygen atoms in total. The Labute approximate surface area is 102 Å². The zero-order chi connectivity index (χ0) is 13.3. The van der Waals surface area contributed by atoms with Gasteiger partial charge in [0, 0.05) is 17.5 Å². The molecule has 0 fully saturated rings. The number of rotatable bonds is 3. The first-order valence-electron chi connectivity index (χ1n) is 5.26. The van der Waals surface area contributed by atoms with E-state index in [1.807, 2.05) is 0 Å². The van der Waals surface area contributed by atoms with E-state index in [2.05, 4.69) is 0 Å². The molecule has 0 aliphatic rings. The van der Waals surface area contributed by atoms with Crippen molar-refractivity contribution in [2.24, 2.45) is 0 Å². The number of carbonyl (C=O) groups excluding carboxylic acids is 1. The topological polar surface area (TPSA) is 100 Å². The first-order valence-corrected chi connectivity index (χ1v) is 5.26. The molecule has 0 amide bonds. The van der Waals surface area contributed by atoms with E-state index in [4.69, 9.17) is 10.6 Å². The Bertz CT molecular complexity index is 632. The summed E-state index contributed by atoms with van der Waals surface area (Å²) in [5, 5.41) is 11.2. The second-order valence-corrected chi connectivity index (χ2v) is 3.62. The van der Waals surface area contributed by atoms with Crippen LogP contribution in [-0.2, 0) is 4.74 Å². The second-order valence-electron chi connectivity index (χ2n) is 3.62. The lowest BCUT2D eigenvalue weighted by molar-refractivity contribution is -0.384. The number of nitrogen functional groups attached to an aromatic ring is 1. The molecule has 0 spiro atoms. The molecule has 2 N–H and O–H groups in total. The van der Waals surface area contributed by atoms with Gasteiger partial charge >= 0.3 is 5.97 Å². The van der Waals surface area contributed by atoms with E-state index < -0.39 is 10.9 Å². The Morgan fingerprint density at radius 1 is 1.50 bits per heavy atom. The maximum atomic E-state index is 11.6. The monoisotopic (exact) mass is 249 g/mol. The maximum Gasteiger partial charge on any atom is 0.356 e. The van der Waals surface area contributed by atoms with Gasteiger partial charge < -0.3 is 10.6 Å². The van der Waals surface area contributed by atoms with E-state index in [9.17, 15) is 14.9 Å². The normalized spacial score (nSPS) is 10.5. The van der Waals surface area contributed by atoms with Crippen LogP contribution in [0, 0.1) is 10.1 Å². The van der Waals surface area contributed by atoms with Crippen LogP contribution < -0.4 is 5.84 Å². The first-order chi connectivity index (χ1) is 8.54. The average Bonchev–Trinajstić information content (AvgIpc) is 2.66. The van der Waals surface area contributed by atoms with Crippen LogP contribution >= 0.6 is 0 Å². The fourth-order valence-electron chi connectivity index (χ4n) is 1.70. The molecule has 0 saturated heterocycles. The largest absolute Gasteiger partial charge is 0.461 e. The van der Waals surface area contributed by atoms with Gasteiger partial charge in [0.1, 0.15) is 5.69 Å². The maximum absolute atomic E-state index is 11.6. The average molecular weight is 249 g/mol. The number of hydrogen-bond donors (Lipinski definition) is 1. The summed E-state index contributed by atoms with van der Waals surface area (Å²) in [7, 11) is 0. The smallest absolute Gasteiger partial charge is 0.356 e. The summed E-state index contributed by atoms with van der Waals surface area (Å²) in [6.45, 7) is 1.92. The lowest BCUT2D eigenvalue weighted by atomic mass is 10.2. The van der Waals surface area contributed by atoms with Crippen molar-refractivity contribution in [1.82, 2.24) is 4.68 Å². The molecular formula is C11H11N3O4. The molecule has 0 unspecified atom stereocenters. The zero-order valence-corrected chi connectivity index (χ0v) is 9.62. The number of carbonyl (C=O) groups is 1. The highest BCUT2D eigenvalue weighted by Gasteiger charge is 2.17. The lowest BCUT2D eigenvalue weighted by Gasteiger charge is -2.03. The summed E-state index contributed by atoms with van der Waals surface area (Å²) in [4.78, 5) is 21.7. The molecule has 0 aliphatic carbocycles. The van der Waals surface area contributed by atoms with Crippen LogP contribution in [0.15, 0.2) is 24.3 Å². The summed E-state index contributed by atoms with van der Waals surface area (Å²) in [6.07, 6.45) is 0. The molecule has 7 heteroatoms. The standard InChI is InChI=1S/C11H11N3O4/c1-2-18-11(15)10-6-7-5-8(14(16)17)3-4-9(7)13(10)12/h3-6H,2,12H2,1H3. The molecule has 0 aliphatic heterocycles. The van der Waals surface area contributed by atoms with Crippen molar-refractivity contribution in [2.75, 3.05) is 12.4 Å². The van der Waals surface area contributed by atoms with Crippen LogP contribution in [0.1, 0.15) is 17.4 Å². The highest BCUT2D eigenvalue weighted by molar-refractivity contribution is 5.96. The van der Waals surface area contributed by atoms with Gasteiger partial charge in [0.25, 0.3) is 5.69 Å². The minimum Gasteiger partial charge on any atom is -0.461 e. The summed E-state index contributed by atoms with van der Waals surface area (Å²) in [5.74, 6) is 5.19. The third kappa shape index (κ3) is 1.86. The van der Waals surface area contributed by atoms with Crippen molar-refractivity contribution in [3.8, 4) is 0 Å². The van der Waals surface area contributed by atoms with Crippen molar-refractivity contribution < 1.29 is 14.5 Å². The summed E-state index contributed by atoms with van der Waals surface area (Å²) < 4.78 is 6.01. The Kier molecular flexibility index (Phi) is 2.88. The molecular weight excluding hydrogens is 238 g/mol. The van der Waals surface area contributed by atoms with Crippen LogP contribution in [0.3, 0.4) is 0 Å². The van der Waals surface area contributed by atoms with Gasteiger partial charge in [-0.15, -0.1) is 0 Å². The molecule has 1 aromatic carbocycles. The van der Waals surface area contributed by atoms with E-state index in [1.54, 1.807) is 6.92 Å². The number of esters is 1. The van der Waals surface area contributed by atoms with E-state index in [0.717, 1.165) is 4.68 Å². The number of nitrogens with two attached hydrogens (primary N) is 1. The van der Waals surface area contributed by atoms with Crippen molar-refractivity contribution in [3.05, 3.63) is 40.1 Å². The van der Waals surface area contributed by atoms with Crippen LogP contribution in [0.25, 0.3) is 10.9 Å². The van der Waals surface area contributed by atoms with Gasteiger partial charge in [-0.05, 0) is 19.1 Å². The van der Waals surface area contributed by atoms with E-state index in [0.29, 0.717) is 10.9 Å². The van der Waals surface area contributed by atoms with Crippen LogP contribution in [-0.4, -0.2) is 22.2 Å². The molecule has 2 aromatic rings. The number of fused-ring (bicyclic) bond motifs is 1. The van der Waals surface area contributed by atoms with Gasteiger partial charge in [0.2, 0.25) is 0 Å². The second kappa shape index (κ2) is 4.36. The van der Waals surface area contributed by atoms with Crippen molar-refractivity contribution >= 4 is 22.6 Å². The number of hydrogen-bond acceptors (Lipinski definition) is 5. The van der Waals surface area contributed by atoms with Crippen molar-refractivity contribution in [3.63, 3.8) is 0 Å². The molecule has 0 atom stereocenters. The van der Waals surface area contributed by atoms with Crippen molar-refractivity contribution in [1.29, 1.82) is 0 Å². The number of ether oxygens (including phenoxy) is 1. The highest BCUT2D eigenvalue weighted by Crippen LogP contribution is 2.23. The van der Waals surface area contributed by atoms with Crippen LogP contribution in [0.5, 0.6) is 0 Å². The zero-order valence-electron chi connectivity index (χ0n) is 9.62. The minimum atomic E-state index is -0.557. The Morgan fingerprint density at radius 2 is 2.22 bits per heavy atom. The van der Waals surface area contributed by atoms with Crippen molar-refractivity contribution in [2.45, 2.75) is 6.92 Å². The third-order valence-electron chi connectivity index (χ3n) is 2.52. The summed E-state index contributed by atoms with van der Waals surface area (Å²) in [5.41, 5.74) is 0.638. The van der Waals surface area contributed by atoms with Crippen LogP contribution in [0.2, 0.25) is 0 Å². The first kappa shape index (κ1) is 11.9. The number of nitro benzene ring substituents is 1. The Morgan fingerprint density at radius 3 is 2.83 bits per heavy atom.